The van der Waals surface area contributed by atoms with E-state index < -0.39 is 0 Å². The number of rotatable bonds is 1. The van der Waals surface area contributed by atoms with Gasteiger partial charge in [-0.15, -0.1) is 0 Å². The zero-order chi connectivity index (χ0) is 21.6. The van der Waals surface area contributed by atoms with E-state index in [-0.39, 0.29) is 12.1 Å². The maximum atomic E-state index is 6.56. The van der Waals surface area contributed by atoms with Crippen molar-refractivity contribution >= 4 is 23.1 Å². The molecule has 0 atom stereocenters. The summed E-state index contributed by atoms with van der Waals surface area (Å²) < 4.78 is 19.3. The van der Waals surface area contributed by atoms with E-state index in [1.54, 1.807) is 18.6 Å². The monoisotopic (exact) mass is 418 g/mol. The fraction of sp³-hybridized carbons (Fsp3) is 0.154. The van der Waals surface area contributed by atoms with Crippen LogP contribution in [0.1, 0.15) is 26.3 Å². The number of hydrogen-bond acceptors (Lipinski definition) is 5. The smallest absolute Gasteiger partial charge is 0.270 e. The predicted molar refractivity (Wildman–Crippen MR) is 124 cm³/mol. The molecular formula is C26H19BN2O3. The zero-order valence-corrected chi connectivity index (χ0v) is 18.0. The van der Waals surface area contributed by atoms with Crippen molar-refractivity contribution in [2.24, 2.45) is 0 Å². The molecule has 0 aliphatic carbocycles. The predicted octanol–water partition coefficient (Wildman–Crippen LogP) is 4.27. The molecule has 2 aromatic carbocycles. The van der Waals surface area contributed by atoms with Gasteiger partial charge >= 0.3 is 0 Å². The van der Waals surface area contributed by atoms with Crippen LogP contribution in [0, 0.1) is 0 Å². The minimum Gasteiger partial charge on any atom is -0.456 e. The van der Waals surface area contributed by atoms with Crippen LogP contribution in [0.15, 0.2) is 61.1 Å². The molecule has 3 aliphatic heterocycles. The molecule has 0 amide bonds. The molecule has 7 rings (SSSR count). The van der Waals surface area contributed by atoms with Gasteiger partial charge in [0.25, 0.3) is 6.71 Å². The molecule has 32 heavy (non-hydrogen) atoms. The highest BCUT2D eigenvalue weighted by atomic mass is 16.5. The molecule has 154 valence electrons. The normalized spacial score (nSPS) is 14.2. The van der Waals surface area contributed by atoms with Crippen molar-refractivity contribution in [3.05, 3.63) is 66.6 Å². The molecule has 0 fully saturated rings. The van der Waals surface area contributed by atoms with Crippen LogP contribution in [-0.4, -0.2) is 16.7 Å². The molecule has 0 spiro atoms. The van der Waals surface area contributed by atoms with E-state index in [0.29, 0.717) is 11.5 Å². The quantitative estimate of drug-likeness (QED) is 0.373. The highest BCUT2D eigenvalue weighted by Gasteiger charge is 2.48. The molecule has 0 bridgehead atoms. The molecule has 6 heteroatoms. The van der Waals surface area contributed by atoms with Crippen molar-refractivity contribution in [2.75, 3.05) is 0 Å². The van der Waals surface area contributed by atoms with Gasteiger partial charge in [0, 0.05) is 22.0 Å². The Labute approximate surface area is 186 Å². The average Bonchev–Trinajstić information content (AvgIpc) is 2.79. The summed E-state index contributed by atoms with van der Waals surface area (Å²) in [5.41, 5.74) is 5.93. The van der Waals surface area contributed by atoms with Crippen molar-refractivity contribution in [1.82, 2.24) is 9.97 Å². The van der Waals surface area contributed by atoms with Crippen molar-refractivity contribution in [1.29, 1.82) is 0 Å². The van der Waals surface area contributed by atoms with E-state index in [0.717, 1.165) is 56.2 Å². The number of benzene rings is 2. The summed E-state index contributed by atoms with van der Waals surface area (Å²) in [4.78, 5) is 9.11. The van der Waals surface area contributed by atoms with Crippen LogP contribution in [0.5, 0.6) is 34.5 Å². The van der Waals surface area contributed by atoms with E-state index in [1.807, 2.05) is 18.2 Å². The van der Waals surface area contributed by atoms with Crippen LogP contribution in [0.25, 0.3) is 11.3 Å². The van der Waals surface area contributed by atoms with Crippen LogP contribution in [0.3, 0.4) is 0 Å². The minimum atomic E-state index is -0.0887. The molecular weight excluding hydrogens is 399 g/mol. The van der Waals surface area contributed by atoms with Gasteiger partial charge in [0.1, 0.15) is 34.4 Å². The number of pyridine rings is 2. The molecule has 0 radical (unpaired) electrons. The Bertz CT molecular complexity index is 1440. The topological polar surface area (TPSA) is 53.5 Å². The molecule has 4 aromatic rings. The number of ether oxygens (including phenoxy) is 3. The Hall–Kier alpha value is -3.80. The zero-order valence-electron chi connectivity index (χ0n) is 18.0. The summed E-state index contributed by atoms with van der Waals surface area (Å²) in [7, 11) is 0. The number of aromatic nitrogens is 2. The second-order valence-corrected chi connectivity index (χ2v) is 9.47. The van der Waals surface area contributed by atoms with Crippen molar-refractivity contribution in [2.45, 2.75) is 26.2 Å². The van der Waals surface area contributed by atoms with Gasteiger partial charge in [-0.2, -0.15) is 0 Å². The average molecular weight is 418 g/mol. The largest absolute Gasteiger partial charge is 0.456 e. The van der Waals surface area contributed by atoms with E-state index in [4.69, 9.17) is 19.2 Å². The molecule has 5 heterocycles. The fourth-order valence-corrected chi connectivity index (χ4v) is 5.05. The Morgan fingerprint density at radius 1 is 0.688 bits per heavy atom. The first kappa shape index (κ1) is 17.8. The molecule has 0 unspecified atom stereocenters. The Morgan fingerprint density at radius 3 is 2.16 bits per heavy atom. The van der Waals surface area contributed by atoms with Gasteiger partial charge in [0.15, 0.2) is 5.75 Å². The standard InChI is InChI=1S/C26H19BN2O3/c1-26(2,3)15-9-10-16-21-24(15)32-18-12-28-11-17-20(18)27(21)22-19(30-17)13-29-23(25(22)31-16)14-7-5-4-6-8-14/h4-13H,1-3H3. The van der Waals surface area contributed by atoms with Gasteiger partial charge in [-0.1, -0.05) is 57.2 Å². The van der Waals surface area contributed by atoms with Gasteiger partial charge < -0.3 is 14.2 Å². The maximum absolute atomic E-state index is 6.56. The molecule has 3 aliphatic rings. The summed E-state index contributed by atoms with van der Waals surface area (Å²) in [6.07, 6.45) is 5.33. The highest BCUT2D eigenvalue weighted by Crippen LogP contribution is 2.46. The summed E-state index contributed by atoms with van der Waals surface area (Å²) in [6, 6.07) is 14.3. The van der Waals surface area contributed by atoms with E-state index in [2.05, 4.69) is 50.0 Å². The van der Waals surface area contributed by atoms with Gasteiger partial charge in [0.05, 0.1) is 18.6 Å². The van der Waals surface area contributed by atoms with Crippen molar-refractivity contribution < 1.29 is 14.2 Å². The third-order valence-corrected chi connectivity index (χ3v) is 6.47. The molecule has 0 N–H and O–H groups in total. The van der Waals surface area contributed by atoms with Gasteiger partial charge in [-0.25, -0.2) is 4.98 Å². The van der Waals surface area contributed by atoms with Crippen LogP contribution < -0.4 is 30.6 Å². The summed E-state index contributed by atoms with van der Waals surface area (Å²) in [5.74, 6) is 4.56. The maximum Gasteiger partial charge on any atom is 0.270 e. The second-order valence-electron chi connectivity index (χ2n) is 9.47. The molecule has 0 saturated carbocycles. The van der Waals surface area contributed by atoms with Gasteiger partial charge in [0.2, 0.25) is 0 Å². The second kappa shape index (κ2) is 5.91. The third kappa shape index (κ3) is 2.24. The number of hydrogen-bond donors (Lipinski definition) is 0. The lowest BCUT2D eigenvalue weighted by molar-refractivity contribution is 0.428. The summed E-state index contributed by atoms with van der Waals surface area (Å²) in [5, 5.41) is 0. The fourth-order valence-electron chi connectivity index (χ4n) is 5.05. The van der Waals surface area contributed by atoms with Gasteiger partial charge in [-0.3, -0.25) is 4.98 Å². The molecule has 2 aromatic heterocycles. The first-order valence-electron chi connectivity index (χ1n) is 10.8. The minimum absolute atomic E-state index is 0.0537. The molecule has 0 saturated heterocycles. The van der Waals surface area contributed by atoms with Gasteiger partial charge in [-0.05, 0) is 17.0 Å². The summed E-state index contributed by atoms with van der Waals surface area (Å²) >= 11 is 0. The Morgan fingerprint density at radius 2 is 1.38 bits per heavy atom. The third-order valence-electron chi connectivity index (χ3n) is 6.47. The first-order chi connectivity index (χ1) is 15.5. The Kier molecular flexibility index (Phi) is 3.30. The number of nitrogens with zero attached hydrogens (tertiary/aromatic N) is 2. The highest BCUT2D eigenvalue weighted by molar-refractivity contribution is 6.99. The van der Waals surface area contributed by atoms with Crippen LogP contribution in [0.2, 0.25) is 0 Å². The van der Waals surface area contributed by atoms with E-state index in [9.17, 15) is 0 Å². The summed E-state index contributed by atoms with van der Waals surface area (Å²) in [6.45, 7) is 6.54. The lowest BCUT2D eigenvalue weighted by Crippen LogP contribution is -2.60. The van der Waals surface area contributed by atoms with Crippen LogP contribution >= 0.6 is 0 Å². The van der Waals surface area contributed by atoms with Crippen molar-refractivity contribution in [3.63, 3.8) is 0 Å². The van der Waals surface area contributed by atoms with Crippen LogP contribution in [-0.2, 0) is 5.41 Å². The van der Waals surface area contributed by atoms with E-state index in [1.165, 1.54) is 0 Å². The SMILES string of the molecule is CC(C)(C)c1ccc2c3c1Oc1cncc4c1B3c1c(cnc(-c3ccccc3)c1O2)O4. The van der Waals surface area contributed by atoms with Crippen LogP contribution in [0.4, 0.5) is 0 Å². The van der Waals surface area contributed by atoms with Crippen molar-refractivity contribution in [3.8, 4) is 45.8 Å². The first-order valence-corrected chi connectivity index (χ1v) is 10.8. The molecule has 5 nitrogen and oxygen atoms in total. The lowest BCUT2D eigenvalue weighted by Gasteiger charge is -2.39. The Balaban J connectivity index is 1.58. The van der Waals surface area contributed by atoms with E-state index >= 15 is 0 Å². The lowest BCUT2D eigenvalue weighted by atomic mass is 9.33.